The van der Waals surface area contributed by atoms with E-state index in [9.17, 15) is 17.6 Å². The van der Waals surface area contributed by atoms with Gasteiger partial charge in [-0.1, -0.05) is 6.07 Å². The Bertz CT molecular complexity index is 989. The van der Waals surface area contributed by atoms with Gasteiger partial charge in [-0.25, -0.2) is 17.1 Å². The van der Waals surface area contributed by atoms with Crippen LogP contribution < -0.4 is 9.64 Å². The van der Waals surface area contributed by atoms with Crippen molar-refractivity contribution in [3.8, 4) is 5.75 Å². The second kappa shape index (κ2) is 7.28. The van der Waals surface area contributed by atoms with Gasteiger partial charge in [-0.2, -0.15) is 0 Å². The van der Waals surface area contributed by atoms with Crippen molar-refractivity contribution in [2.45, 2.75) is 17.7 Å². The molecule has 2 aromatic rings. The van der Waals surface area contributed by atoms with Crippen molar-refractivity contribution in [1.82, 2.24) is 4.31 Å². The highest BCUT2D eigenvalue weighted by Gasteiger charge is 2.28. The number of methoxy groups -OCH3 is 1. The Hall–Kier alpha value is -2.45. The first-order chi connectivity index (χ1) is 12.8. The van der Waals surface area contributed by atoms with Crippen molar-refractivity contribution in [3.63, 3.8) is 0 Å². The monoisotopic (exact) mass is 392 g/mol. The van der Waals surface area contributed by atoms with Gasteiger partial charge >= 0.3 is 0 Å². The summed E-state index contributed by atoms with van der Waals surface area (Å²) in [6.07, 6.45) is 1.52. The number of rotatable bonds is 4. The summed E-state index contributed by atoms with van der Waals surface area (Å²) >= 11 is 0. The van der Waals surface area contributed by atoms with E-state index < -0.39 is 15.8 Å². The van der Waals surface area contributed by atoms with Gasteiger partial charge in [0, 0.05) is 26.2 Å². The van der Waals surface area contributed by atoms with E-state index in [-0.39, 0.29) is 22.1 Å². The Labute approximate surface area is 158 Å². The molecule has 144 valence electrons. The van der Waals surface area contributed by atoms with Gasteiger partial charge in [0.15, 0.2) is 0 Å². The number of aryl methyl sites for hydroxylation is 1. The third-order valence-corrected chi connectivity index (χ3v) is 6.42. The van der Waals surface area contributed by atoms with Gasteiger partial charge < -0.3 is 9.64 Å². The van der Waals surface area contributed by atoms with Crippen molar-refractivity contribution in [2.24, 2.45) is 0 Å². The topological polar surface area (TPSA) is 66.9 Å². The number of amides is 1. The third kappa shape index (κ3) is 3.54. The van der Waals surface area contributed by atoms with Crippen LogP contribution in [0.25, 0.3) is 0 Å². The van der Waals surface area contributed by atoms with Crippen LogP contribution in [0.1, 0.15) is 22.3 Å². The fourth-order valence-electron chi connectivity index (χ4n) is 3.12. The highest BCUT2D eigenvalue weighted by molar-refractivity contribution is 7.89. The molecule has 0 bridgehead atoms. The Balaban J connectivity index is 2.06. The van der Waals surface area contributed by atoms with Crippen molar-refractivity contribution < 1.29 is 22.3 Å². The Morgan fingerprint density at radius 3 is 2.59 bits per heavy atom. The fraction of sp³-hybridized carbons (Fsp3) is 0.316. The summed E-state index contributed by atoms with van der Waals surface area (Å²) in [5, 5.41) is 0. The van der Waals surface area contributed by atoms with Crippen LogP contribution in [0.2, 0.25) is 0 Å². The summed E-state index contributed by atoms with van der Waals surface area (Å²) in [6.45, 7) is 0.442. The maximum Gasteiger partial charge on any atom is 0.258 e. The number of fused-ring (bicyclic) bond motifs is 1. The van der Waals surface area contributed by atoms with Gasteiger partial charge in [-0.05, 0) is 48.7 Å². The van der Waals surface area contributed by atoms with E-state index in [1.807, 2.05) is 0 Å². The predicted molar refractivity (Wildman–Crippen MR) is 100 cm³/mol. The standard InChI is InChI=1S/C19H21FN2O4S/c1-21(2)27(24,25)18-11-14(7-9-17(18)26-3)19(23)22-10-4-5-13-6-8-15(20)12-16(13)22/h6-9,11-12H,4-5,10H2,1-3H3. The summed E-state index contributed by atoms with van der Waals surface area (Å²) < 4.78 is 45.1. The number of carbonyl (C=O) groups is 1. The molecule has 1 aliphatic heterocycles. The van der Waals surface area contributed by atoms with Crippen molar-refractivity contribution in [2.75, 3.05) is 32.6 Å². The molecule has 1 aliphatic rings. The molecule has 0 radical (unpaired) electrons. The zero-order valence-corrected chi connectivity index (χ0v) is 16.2. The second-order valence-corrected chi connectivity index (χ2v) is 8.61. The second-order valence-electron chi connectivity index (χ2n) is 6.49. The molecule has 8 heteroatoms. The lowest BCUT2D eigenvalue weighted by Crippen LogP contribution is -2.35. The van der Waals surface area contributed by atoms with E-state index in [1.54, 1.807) is 6.07 Å². The quantitative estimate of drug-likeness (QED) is 0.802. The van der Waals surface area contributed by atoms with Crippen LogP contribution in [0.5, 0.6) is 5.75 Å². The van der Waals surface area contributed by atoms with Gasteiger partial charge in [0.2, 0.25) is 10.0 Å². The summed E-state index contributed by atoms with van der Waals surface area (Å²) in [7, 11) is 0.393. The third-order valence-electron chi connectivity index (χ3n) is 4.58. The summed E-state index contributed by atoms with van der Waals surface area (Å²) in [5.74, 6) is -0.635. The molecule has 1 heterocycles. The molecular weight excluding hydrogens is 371 g/mol. The van der Waals surface area contributed by atoms with E-state index in [2.05, 4.69) is 0 Å². The van der Waals surface area contributed by atoms with Crippen LogP contribution in [-0.4, -0.2) is 46.4 Å². The first-order valence-corrected chi connectivity index (χ1v) is 9.90. The lowest BCUT2D eigenvalue weighted by molar-refractivity contribution is 0.0985. The summed E-state index contributed by atoms with van der Waals surface area (Å²) in [5.41, 5.74) is 1.62. The molecule has 0 N–H and O–H groups in total. The van der Waals surface area contributed by atoms with E-state index in [0.717, 1.165) is 22.7 Å². The molecule has 0 aliphatic carbocycles. The number of anilines is 1. The molecule has 1 amide bonds. The van der Waals surface area contributed by atoms with E-state index in [4.69, 9.17) is 4.74 Å². The smallest absolute Gasteiger partial charge is 0.258 e. The minimum Gasteiger partial charge on any atom is -0.495 e. The molecule has 2 aromatic carbocycles. The van der Waals surface area contributed by atoms with Crippen LogP contribution in [0, 0.1) is 5.82 Å². The van der Waals surface area contributed by atoms with E-state index in [1.165, 1.54) is 56.4 Å². The largest absolute Gasteiger partial charge is 0.495 e. The molecule has 0 fully saturated rings. The Kier molecular flexibility index (Phi) is 5.21. The SMILES string of the molecule is COc1ccc(C(=O)N2CCCc3ccc(F)cc32)cc1S(=O)(=O)N(C)C. The number of sulfonamides is 1. The summed E-state index contributed by atoms with van der Waals surface area (Å²) in [6, 6.07) is 8.68. The molecule has 6 nitrogen and oxygen atoms in total. The van der Waals surface area contributed by atoms with Crippen molar-refractivity contribution in [1.29, 1.82) is 0 Å². The molecule has 27 heavy (non-hydrogen) atoms. The van der Waals surface area contributed by atoms with Crippen LogP contribution in [0.4, 0.5) is 10.1 Å². The first-order valence-electron chi connectivity index (χ1n) is 8.46. The predicted octanol–water partition coefficient (Wildman–Crippen LogP) is 2.68. The molecule has 0 atom stereocenters. The van der Waals surface area contributed by atoms with E-state index >= 15 is 0 Å². The average molecular weight is 392 g/mol. The molecule has 0 unspecified atom stereocenters. The maximum absolute atomic E-state index is 13.7. The molecule has 0 aromatic heterocycles. The van der Waals surface area contributed by atoms with Crippen LogP contribution in [-0.2, 0) is 16.4 Å². The minimum absolute atomic E-state index is 0.0858. The Morgan fingerprint density at radius 1 is 1.19 bits per heavy atom. The van der Waals surface area contributed by atoms with Gasteiger partial charge in [0.25, 0.3) is 5.91 Å². The van der Waals surface area contributed by atoms with Crippen molar-refractivity contribution >= 4 is 21.6 Å². The van der Waals surface area contributed by atoms with Gasteiger partial charge in [0.05, 0.1) is 12.8 Å². The highest BCUT2D eigenvalue weighted by Crippen LogP contribution is 2.31. The molecule has 0 saturated carbocycles. The lowest BCUT2D eigenvalue weighted by Gasteiger charge is -2.29. The normalized spacial score (nSPS) is 14.2. The number of hydrogen-bond acceptors (Lipinski definition) is 4. The molecular formula is C19H21FN2O4S. The van der Waals surface area contributed by atoms with E-state index in [0.29, 0.717) is 12.2 Å². The number of nitrogens with zero attached hydrogens (tertiary/aromatic N) is 2. The van der Waals surface area contributed by atoms with Crippen LogP contribution in [0.15, 0.2) is 41.3 Å². The molecule has 0 saturated heterocycles. The fourth-order valence-corrected chi connectivity index (χ4v) is 4.20. The zero-order valence-electron chi connectivity index (χ0n) is 15.4. The minimum atomic E-state index is -3.80. The van der Waals surface area contributed by atoms with Gasteiger partial charge in [-0.3, -0.25) is 4.79 Å². The van der Waals surface area contributed by atoms with Gasteiger partial charge in [-0.15, -0.1) is 0 Å². The number of carbonyl (C=O) groups excluding carboxylic acids is 1. The Morgan fingerprint density at radius 2 is 1.93 bits per heavy atom. The first kappa shape index (κ1) is 19.3. The highest BCUT2D eigenvalue weighted by atomic mass is 32.2. The number of benzene rings is 2. The van der Waals surface area contributed by atoms with Crippen LogP contribution in [0.3, 0.4) is 0 Å². The average Bonchev–Trinajstić information content (AvgIpc) is 2.66. The summed E-state index contributed by atoms with van der Waals surface area (Å²) in [4.78, 5) is 14.5. The van der Waals surface area contributed by atoms with Gasteiger partial charge in [0.1, 0.15) is 16.5 Å². The lowest BCUT2D eigenvalue weighted by atomic mass is 10.0. The van der Waals surface area contributed by atoms with Crippen molar-refractivity contribution in [3.05, 3.63) is 53.3 Å². The number of ether oxygens (including phenoxy) is 1. The van der Waals surface area contributed by atoms with Crippen LogP contribution >= 0.6 is 0 Å². The molecule has 0 spiro atoms. The zero-order chi connectivity index (χ0) is 19.8. The number of hydrogen-bond donors (Lipinski definition) is 0. The molecule has 3 rings (SSSR count). The number of halogens is 1. The maximum atomic E-state index is 13.7.